The van der Waals surface area contributed by atoms with Crippen LogP contribution in [0, 0.1) is 0 Å². The first-order valence-corrected chi connectivity index (χ1v) is 13.2. The molecule has 0 radical (unpaired) electrons. The molecule has 6 nitrogen and oxygen atoms in total. The second-order valence-electron chi connectivity index (χ2n) is 9.49. The molecule has 1 N–H and O–H groups in total. The smallest absolute Gasteiger partial charge is 0.174 e. The first kappa shape index (κ1) is 23.6. The number of aromatic nitrogens is 2. The van der Waals surface area contributed by atoms with E-state index in [0.29, 0.717) is 11.2 Å². The summed E-state index contributed by atoms with van der Waals surface area (Å²) in [4.78, 5) is 6.88. The molecule has 0 spiro atoms. The largest absolute Gasteiger partial charge is 0.495 e. The zero-order chi connectivity index (χ0) is 25.2. The van der Waals surface area contributed by atoms with Crippen molar-refractivity contribution in [3.8, 4) is 17.2 Å². The van der Waals surface area contributed by atoms with Crippen LogP contribution in [-0.2, 0) is 0 Å². The molecule has 7 heteroatoms. The fraction of sp³-hybridized carbons (Fsp3) is 0.267. The van der Waals surface area contributed by atoms with Gasteiger partial charge in [0, 0.05) is 23.8 Å². The number of rotatable bonds is 7. The molecule has 0 bridgehead atoms. The van der Waals surface area contributed by atoms with Gasteiger partial charge in [-0.2, -0.15) is 0 Å². The molecule has 1 aliphatic heterocycles. The molecule has 2 aliphatic rings. The monoisotopic (exact) mass is 510 g/mol. The highest BCUT2D eigenvalue weighted by Gasteiger charge is 2.42. The summed E-state index contributed by atoms with van der Waals surface area (Å²) in [6.45, 7) is 0. The van der Waals surface area contributed by atoms with Crippen LogP contribution in [0.3, 0.4) is 0 Å². The number of anilines is 1. The number of hydrogen-bond acceptors (Lipinski definition) is 4. The summed E-state index contributed by atoms with van der Waals surface area (Å²) in [7, 11) is 1.70. The molecule has 3 heterocycles. The third-order valence-electron chi connectivity index (χ3n) is 7.25. The average Bonchev–Trinajstić information content (AvgIpc) is 3.70. The van der Waals surface area contributed by atoms with Gasteiger partial charge in [-0.05, 0) is 98.6 Å². The van der Waals surface area contributed by atoms with Crippen molar-refractivity contribution >= 4 is 23.0 Å². The van der Waals surface area contributed by atoms with E-state index < -0.39 is 0 Å². The van der Waals surface area contributed by atoms with Gasteiger partial charge >= 0.3 is 0 Å². The van der Waals surface area contributed by atoms with E-state index in [1.54, 1.807) is 7.11 Å². The number of methoxy groups -OCH3 is 1. The molecule has 37 heavy (non-hydrogen) atoms. The van der Waals surface area contributed by atoms with Crippen molar-refractivity contribution in [2.75, 3.05) is 12.0 Å². The van der Waals surface area contributed by atoms with E-state index in [1.165, 1.54) is 12.8 Å². The van der Waals surface area contributed by atoms with E-state index in [9.17, 15) is 0 Å². The summed E-state index contributed by atoms with van der Waals surface area (Å²) >= 11 is 5.93. The topological polar surface area (TPSA) is 51.5 Å². The summed E-state index contributed by atoms with van der Waals surface area (Å²) in [6.07, 6.45) is 8.99. The van der Waals surface area contributed by atoms with Gasteiger partial charge in [0.15, 0.2) is 5.11 Å². The van der Waals surface area contributed by atoms with Gasteiger partial charge in [-0.15, -0.1) is 0 Å². The molecule has 6 rings (SSSR count). The van der Waals surface area contributed by atoms with Gasteiger partial charge in [-0.25, -0.2) is 0 Å². The predicted octanol–water partition coefficient (Wildman–Crippen LogP) is 6.38. The standard InChI is InChI=1S/C30H30N4O2S/c1-35-27-14-5-4-12-25(27)33-20-8-13-26(33)29-28(24-11-6-7-19-31-24)32-30(37)34(29)21-15-17-23(18-16-21)36-22-9-2-3-10-22/h4-8,11-20,22,28-29H,2-3,9-10H2,1H3,(H,32,37)/t28-,29-/m1/s1. The highest BCUT2D eigenvalue weighted by atomic mass is 32.1. The van der Waals surface area contributed by atoms with Crippen LogP contribution in [0.1, 0.15) is 49.2 Å². The molecule has 2 aromatic carbocycles. The van der Waals surface area contributed by atoms with Crippen LogP contribution in [0.15, 0.2) is 91.3 Å². The van der Waals surface area contributed by atoms with Crippen LogP contribution in [0.5, 0.6) is 11.5 Å². The van der Waals surface area contributed by atoms with Gasteiger partial charge in [-0.1, -0.05) is 18.2 Å². The molecule has 0 amide bonds. The Hall–Kier alpha value is -3.84. The molecule has 0 unspecified atom stereocenters. The Kier molecular flexibility index (Phi) is 6.53. The number of thiocarbonyl (C=S) groups is 1. The van der Waals surface area contributed by atoms with E-state index in [4.69, 9.17) is 21.7 Å². The van der Waals surface area contributed by atoms with Crippen LogP contribution in [-0.4, -0.2) is 27.9 Å². The van der Waals surface area contributed by atoms with Crippen LogP contribution in [0.2, 0.25) is 0 Å². The molecule has 1 saturated heterocycles. The Morgan fingerprint density at radius 1 is 0.919 bits per heavy atom. The van der Waals surface area contributed by atoms with E-state index in [1.807, 2.05) is 42.6 Å². The molecular formula is C30H30N4O2S. The maximum atomic E-state index is 6.22. The predicted molar refractivity (Wildman–Crippen MR) is 150 cm³/mol. The van der Waals surface area contributed by atoms with Crippen molar-refractivity contribution in [1.29, 1.82) is 0 Å². The lowest BCUT2D eigenvalue weighted by atomic mass is 10.0. The second-order valence-corrected chi connectivity index (χ2v) is 9.88. The van der Waals surface area contributed by atoms with Crippen molar-refractivity contribution in [2.24, 2.45) is 0 Å². The minimum absolute atomic E-state index is 0.133. The number of ether oxygens (including phenoxy) is 2. The fourth-order valence-corrected chi connectivity index (χ4v) is 5.85. The first-order valence-electron chi connectivity index (χ1n) is 12.8. The van der Waals surface area contributed by atoms with Crippen molar-refractivity contribution in [2.45, 2.75) is 43.9 Å². The lowest BCUT2D eigenvalue weighted by molar-refractivity contribution is 0.210. The molecule has 2 aromatic heterocycles. The number of nitrogens with one attached hydrogen (secondary N) is 1. The number of benzene rings is 2. The lowest BCUT2D eigenvalue weighted by Crippen LogP contribution is -2.30. The van der Waals surface area contributed by atoms with E-state index in [-0.39, 0.29) is 12.1 Å². The van der Waals surface area contributed by atoms with Crippen molar-refractivity contribution in [3.05, 3.63) is 103 Å². The lowest BCUT2D eigenvalue weighted by Gasteiger charge is -2.29. The fourth-order valence-electron chi connectivity index (χ4n) is 5.50. The van der Waals surface area contributed by atoms with Gasteiger partial charge in [0.25, 0.3) is 0 Å². The minimum Gasteiger partial charge on any atom is -0.495 e. The van der Waals surface area contributed by atoms with E-state index in [2.05, 4.69) is 68.4 Å². The number of hydrogen-bond donors (Lipinski definition) is 1. The van der Waals surface area contributed by atoms with Crippen LogP contribution < -0.4 is 19.7 Å². The van der Waals surface area contributed by atoms with Crippen LogP contribution >= 0.6 is 12.2 Å². The zero-order valence-corrected chi connectivity index (χ0v) is 21.6. The molecular weight excluding hydrogens is 480 g/mol. The van der Waals surface area contributed by atoms with Gasteiger partial charge < -0.3 is 24.3 Å². The maximum Gasteiger partial charge on any atom is 0.174 e. The molecule has 188 valence electrons. The summed E-state index contributed by atoms with van der Waals surface area (Å²) in [5, 5.41) is 4.22. The summed E-state index contributed by atoms with van der Waals surface area (Å²) in [5.74, 6) is 1.71. The van der Waals surface area contributed by atoms with E-state index in [0.717, 1.165) is 47.1 Å². The highest BCUT2D eigenvalue weighted by molar-refractivity contribution is 7.80. The zero-order valence-electron chi connectivity index (χ0n) is 20.8. The Labute approximate surface area is 222 Å². The summed E-state index contributed by atoms with van der Waals surface area (Å²) in [5.41, 5.74) is 4.00. The third-order valence-corrected chi connectivity index (χ3v) is 7.56. The second kappa shape index (κ2) is 10.3. The molecule has 1 aliphatic carbocycles. The number of para-hydroxylation sites is 2. The van der Waals surface area contributed by atoms with Crippen molar-refractivity contribution in [1.82, 2.24) is 14.9 Å². The SMILES string of the molecule is COc1ccccc1-n1cccc1[C@@H]1[C@@H](c2ccccn2)NC(=S)N1c1ccc(OC2CCCC2)cc1. The number of nitrogens with zero attached hydrogens (tertiary/aromatic N) is 3. The molecule has 1 saturated carbocycles. The van der Waals surface area contributed by atoms with Gasteiger partial charge in [0.05, 0.1) is 30.6 Å². The van der Waals surface area contributed by atoms with E-state index >= 15 is 0 Å². The first-order chi connectivity index (χ1) is 18.2. The molecule has 2 atom stereocenters. The maximum absolute atomic E-state index is 6.22. The Morgan fingerprint density at radius 2 is 1.70 bits per heavy atom. The Bertz CT molecular complexity index is 1370. The minimum atomic E-state index is -0.135. The number of pyridine rings is 1. The highest BCUT2D eigenvalue weighted by Crippen LogP contribution is 2.43. The van der Waals surface area contributed by atoms with Crippen molar-refractivity contribution < 1.29 is 9.47 Å². The van der Waals surface area contributed by atoms with Gasteiger partial charge in [0.1, 0.15) is 17.5 Å². The summed E-state index contributed by atoms with van der Waals surface area (Å²) in [6, 6.07) is 26.3. The summed E-state index contributed by atoms with van der Waals surface area (Å²) < 4.78 is 14.1. The normalized spacial score (nSPS) is 19.7. The molecule has 2 fully saturated rings. The third kappa shape index (κ3) is 4.55. The Balaban J connectivity index is 1.41. The van der Waals surface area contributed by atoms with Crippen LogP contribution in [0.4, 0.5) is 5.69 Å². The van der Waals surface area contributed by atoms with Crippen LogP contribution in [0.25, 0.3) is 5.69 Å². The average molecular weight is 511 g/mol. The molecule has 4 aromatic rings. The quantitative estimate of drug-likeness (QED) is 0.291. The van der Waals surface area contributed by atoms with Gasteiger partial charge in [-0.3, -0.25) is 4.98 Å². The van der Waals surface area contributed by atoms with Gasteiger partial charge in [0.2, 0.25) is 0 Å². The Morgan fingerprint density at radius 3 is 2.46 bits per heavy atom. The van der Waals surface area contributed by atoms with Crippen molar-refractivity contribution in [3.63, 3.8) is 0 Å².